The first-order valence-electron chi connectivity index (χ1n) is 6.78. The lowest BCUT2D eigenvalue weighted by Crippen LogP contribution is -2.11. The monoisotopic (exact) mass is 293 g/mol. The maximum Gasteiger partial charge on any atom is 0.202 e. The van der Waals surface area contributed by atoms with E-state index < -0.39 is 0 Å². The van der Waals surface area contributed by atoms with Crippen molar-refractivity contribution in [2.75, 3.05) is 25.6 Å². The van der Waals surface area contributed by atoms with Crippen LogP contribution in [0, 0.1) is 0 Å². The number of hydrogen-bond acceptors (Lipinski definition) is 3. The molecule has 4 nitrogen and oxygen atoms in total. The van der Waals surface area contributed by atoms with E-state index in [0.29, 0.717) is 0 Å². The SMILES string of the molecule is COCCCNc1nccn1CCc1ccc(Cl)cc1. The second-order valence-corrected chi connectivity index (χ2v) is 5.03. The van der Waals surface area contributed by atoms with Crippen LogP contribution in [-0.4, -0.2) is 29.8 Å². The molecule has 1 heterocycles. The Morgan fingerprint density at radius 3 is 2.85 bits per heavy atom. The zero-order valence-electron chi connectivity index (χ0n) is 11.7. The van der Waals surface area contributed by atoms with Crippen LogP contribution in [0.4, 0.5) is 5.95 Å². The summed E-state index contributed by atoms with van der Waals surface area (Å²) in [7, 11) is 1.72. The molecule has 0 atom stereocenters. The summed E-state index contributed by atoms with van der Waals surface area (Å²) < 4.78 is 7.15. The molecular weight excluding hydrogens is 274 g/mol. The summed E-state index contributed by atoms with van der Waals surface area (Å²) in [6, 6.07) is 7.97. The number of aryl methyl sites for hydroxylation is 2. The van der Waals surface area contributed by atoms with E-state index in [1.54, 1.807) is 7.11 Å². The van der Waals surface area contributed by atoms with Gasteiger partial charge in [0.1, 0.15) is 0 Å². The number of hydrogen-bond donors (Lipinski definition) is 1. The molecule has 20 heavy (non-hydrogen) atoms. The van der Waals surface area contributed by atoms with Crippen LogP contribution in [-0.2, 0) is 17.7 Å². The average molecular weight is 294 g/mol. The zero-order chi connectivity index (χ0) is 14.2. The van der Waals surface area contributed by atoms with E-state index in [0.717, 1.165) is 43.5 Å². The highest BCUT2D eigenvalue weighted by Crippen LogP contribution is 2.12. The van der Waals surface area contributed by atoms with Crippen molar-refractivity contribution in [3.8, 4) is 0 Å². The Morgan fingerprint density at radius 2 is 2.10 bits per heavy atom. The lowest BCUT2D eigenvalue weighted by Gasteiger charge is -2.09. The second-order valence-electron chi connectivity index (χ2n) is 4.59. The van der Waals surface area contributed by atoms with E-state index in [1.807, 2.05) is 24.5 Å². The van der Waals surface area contributed by atoms with E-state index in [9.17, 15) is 0 Å². The molecule has 5 heteroatoms. The Kier molecular flexibility index (Phi) is 5.89. The highest BCUT2D eigenvalue weighted by atomic mass is 35.5. The molecule has 108 valence electrons. The molecule has 0 aliphatic carbocycles. The van der Waals surface area contributed by atoms with E-state index >= 15 is 0 Å². The molecule has 0 aliphatic heterocycles. The van der Waals surface area contributed by atoms with E-state index in [-0.39, 0.29) is 0 Å². The van der Waals surface area contributed by atoms with E-state index in [2.05, 4.69) is 27.0 Å². The number of rotatable bonds is 8. The van der Waals surface area contributed by atoms with Gasteiger partial charge in [0.05, 0.1) is 0 Å². The summed E-state index contributed by atoms with van der Waals surface area (Å²) in [6.45, 7) is 2.53. The highest BCUT2D eigenvalue weighted by molar-refractivity contribution is 6.30. The molecule has 0 saturated heterocycles. The van der Waals surface area contributed by atoms with Gasteiger partial charge in [0.2, 0.25) is 5.95 Å². The number of nitrogens with zero attached hydrogens (tertiary/aromatic N) is 2. The number of methoxy groups -OCH3 is 1. The van der Waals surface area contributed by atoms with Gasteiger partial charge in [-0.05, 0) is 30.5 Å². The van der Waals surface area contributed by atoms with Crippen molar-refractivity contribution < 1.29 is 4.74 Å². The summed E-state index contributed by atoms with van der Waals surface area (Å²) in [5.41, 5.74) is 1.27. The van der Waals surface area contributed by atoms with Gasteiger partial charge < -0.3 is 14.6 Å². The van der Waals surface area contributed by atoms with Gasteiger partial charge >= 0.3 is 0 Å². The molecule has 1 N–H and O–H groups in total. The van der Waals surface area contributed by atoms with Crippen LogP contribution < -0.4 is 5.32 Å². The second kappa shape index (κ2) is 7.92. The van der Waals surface area contributed by atoms with Gasteiger partial charge in [-0.25, -0.2) is 4.98 Å². The fourth-order valence-electron chi connectivity index (χ4n) is 1.97. The summed E-state index contributed by atoms with van der Waals surface area (Å²) in [4.78, 5) is 4.33. The molecule has 0 bridgehead atoms. The molecule has 0 amide bonds. The Labute approximate surface area is 124 Å². The van der Waals surface area contributed by atoms with Crippen LogP contribution in [0.25, 0.3) is 0 Å². The molecule has 0 saturated carbocycles. The molecule has 2 aromatic rings. The van der Waals surface area contributed by atoms with Gasteiger partial charge in [0.15, 0.2) is 0 Å². The normalized spacial score (nSPS) is 10.7. The summed E-state index contributed by atoms with van der Waals surface area (Å²) in [5.74, 6) is 0.912. The zero-order valence-corrected chi connectivity index (χ0v) is 12.4. The van der Waals surface area contributed by atoms with Gasteiger partial charge in [-0.1, -0.05) is 23.7 Å². The number of nitrogens with one attached hydrogen (secondary N) is 1. The number of anilines is 1. The molecule has 0 fully saturated rings. The van der Waals surface area contributed by atoms with Crippen LogP contribution >= 0.6 is 11.6 Å². The minimum Gasteiger partial charge on any atom is -0.385 e. The first kappa shape index (κ1) is 14.9. The summed E-state index contributed by atoms with van der Waals surface area (Å²) in [6.07, 6.45) is 5.75. The van der Waals surface area contributed by atoms with E-state index in [4.69, 9.17) is 16.3 Å². The van der Waals surface area contributed by atoms with E-state index in [1.165, 1.54) is 5.56 Å². The molecule has 0 spiro atoms. The van der Waals surface area contributed by atoms with Crippen molar-refractivity contribution in [3.63, 3.8) is 0 Å². The lowest BCUT2D eigenvalue weighted by atomic mass is 10.1. The highest BCUT2D eigenvalue weighted by Gasteiger charge is 2.02. The Bertz CT molecular complexity index is 510. The third-order valence-electron chi connectivity index (χ3n) is 3.08. The molecule has 0 radical (unpaired) electrons. The van der Waals surface area contributed by atoms with Crippen molar-refractivity contribution in [2.24, 2.45) is 0 Å². The maximum absolute atomic E-state index is 5.88. The molecule has 1 aromatic heterocycles. The van der Waals surface area contributed by atoms with Gasteiger partial charge in [-0.15, -0.1) is 0 Å². The topological polar surface area (TPSA) is 39.1 Å². The lowest BCUT2D eigenvalue weighted by molar-refractivity contribution is 0.197. The van der Waals surface area contributed by atoms with Crippen molar-refractivity contribution in [3.05, 3.63) is 47.2 Å². The maximum atomic E-state index is 5.88. The predicted molar refractivity (Wildman–Crippen MR) is 82.4 cm³/mol. The van der Waals surface area contributed by atoms with Crippen LogP contribution in [0.3, 0.4) is 0 Å². The molecule has 0 aliphatic rings. The smallest absolute Gasteiger partial charge is 0.202 e. The molecule has 1 aromatic carbocycles. The average Bonchev–Trinajstić information content (AvgIpc) is 2.90. The van der Waals surface area contributed by atoms with Crippen LogP contribution in [0.1, 0.15) is 12.0 Å². The first-order chi connectivity index (χ1) is 9.79. The van der Waals surface area contributed by atoms with Crippen molar-refractivity contribution in [1.29, 1.82) is 0 Å². The van der Waals surface area contributed by atoms with Crippen LogP contribution in [0.5, 0.6) is 0 Å². The summed E-state index contributed by atoms with van der Waals surface area (Å²) in [5, 5.41) is 4.10. The van der Waals surface area contributed by atoms with Gasteiger partial charge in [-0.2, -0.15) is 0 Å². The fourth-order valence-corrected chi connectivity index (χ4v) is 2.10. The summed E-state index contributed by atoms with van der Waals surface area (Å²) >= 11 is 5.88. The van der Waals surface area contributed by atoms with Gasteiger partial charge in [0, 0.05) is 44.2 Å². The van der Waals surface area contributed by atoms with Crippen molar-refractivity contribution in [2.45, 2.75) is 19.4 Å². The number of imidazole rings is 1. The minimum atomic E-state index is 0.762. The Balaban J connectivity index is 1.83. The predicted octanol–water partition coefficient (Wildman–Crippen LogP) is 3.23. The number of benzene rings is 1. The van der Waals surface area contributed by atoms with Crippen molar-refractivity contribution in [1.82, 2.24) is 9.55 Å². The number of aromatic nitrogens is 2. The Hall–Kier alpha value is -1.52. The fraction of sp³-hybridized carbons (Fsp3) is 0.400. The van der Waals surface area contributed by atoms with Gasteiger partial charge in [0.25, 0.3) is 0 Å². The third kappa shape index (κ3) is 4.54. The first-order valence-corrected chi connectivity index (χ1v) is 7.16. The minimum absolute atomic E-state index is 0.762. The molecular formula is C15H20ClN3O. The van der Waals surface area contributed by atoms with Crippen molar-refractivity contribution >= 4 is 17.5 Å². The Morgan fingerprint density at radius 1 is 1.30 bits per heavy atom. The quantitative estimate of drug-likeness (QED) is 0.760. The van der Waals surface area contributed by atoms with Crippen LogP contribution in [0.2, 0.25) is 5.02 Å². The van der Waals surface area contributed by atoms with Crippen LogP contribution in [0.15, 0.2) is 36.7 Å². The standard InChI is InChI=1S/C15H20ClN3O/c1-20-12-2-8-17-15-18-9-11-19(15)10-7-13-3-5-14(16)6-4-13/h3-6,9,11H,2,7-8,10,12H2,1H3,(H,17,18). The third-order valence-corrected chi connectivity index (χ3v) is 3.33. The molecule has 0 unspecified atom stereocenters. The molecule has 2 rings (SSSR count). The number of ether oxygens (including phenoxy) is 1. The number of halogens is 1. The van der Waals surface area contributed by atoms with Gasteiger partial charge in [-0.3, -0.25) is 0 Å². The largest absolute Gasteiger partial charge is 0.385 e.